The van der Waals surface area contributed by atoms with Crippen LogP contribution in [0.25, 0.3) is 0 Å². The summed E-state index contributed by atoms with van der Waals surface area (Å²) >= 11 is 0. The molecule has 15 heavy (non-hydrogen) atoms. The van der Waals surface area contributed by atoms with Crippen molar-refractivity contribution in [3.8, 4) is 0 Å². The van der Waals surface area contributed by atoms with Gasteiger partial charge in [0.15, 0.2) is 0 Å². The molecule has 0 bridgehead atoms. The Morgan fingerprint density at radius 3 is 2.73 bits per heavy atom. The number of methoxy groups -OCH3 is 1. The van der Waals surface area contributed by atoms with E-state index in [2.05, 4.69) is 10.1 Å². The van der Waals surface area contributed by atoms with Gasteiger partial charge in [-0.15, -0.1) is 0 Å². The second-order valence-corrected chi connectivity index (χ2v) is 3.77. The maximum Gasteiger partial charge on any atom is 0.325 e. The lowest BCUT2D eigenvalue weighted by Gasteiger charge is -2.26. The lowest BCUT2D eigenvalue weighted by molar-refractivity contribution is -0.146. The highest BCUT2D eigenvalue weighted by atomic mass is 16.5. The third-order valence-corrected chi connectivity index (χ3v) is 2.58. The fourth-order valence-electron chi connectivity index (χ4n) is 1.66. The van der Waals surface area contributed by atoms with Gasteiger partial charge < -0.3 is 15.0 Å². The van der Waals surface area contributed by atoms with Crippen LogP contribution in [0.15, 0.2) is 0 Å². The van der Waals surface area contributed by atoms with E-state index in [-0.39, 0.29) is 24.5 Å². The maximum absolute atomic E-state index is 11.8. The van der Waals surface area contributed by atoms with Crippen LogP contribution in [-0.2, 0) is 14.3 Å². The van der Waals surface area contributed by atoms with E-state index in [1.165, 1.54) is 12.0 Å². The topological polar surface area (TPSA) is 58.6 Å². The van der Waals surface area contributed by atoms with Crippen LogP contribution in [0, 0.1) is 0 Å². The molecule has 0 aromatic carbocycles. The van der Waals surface area contributed by atoms with Crippen molar-refractivity contribution in [2.24, 2.45) is 0 Å². The molecule has 1 atom stereocenters. The van der Waals surface area contributed by atoms with E-state index in [0.29, 0.717) is 0 Å². The lowest BCUT2D eigenvalue weighted by atomic mass is 10.0. The molecule has 5 heteroatoms. The molecule has 0 aromatic rings. The number of carbonyl (C=O) groups excluding carboxylic acids is 2. The van der Waals surface area contributed by atoms with Gasteiger partial charge in [0, 0.05) is 7.05 Å². The molecule has 1 saturated heterocycles. The van der Waals surface area contributed by atoms with Crippen LogP contribution < -0.4 is 5.32 Å². The quantitative estimate of drug-likeness (QED) is 0.659. The third kappa shape index (κ3) is 3.51. The predicted octanol–water partition coefficient (Wildman–Crippen LogP) is -0.240. The molecule has 1 N–H and O–H groups in total. The molecule has 1 heterocycles. The molecule has 1 rings (SSSR count). The van der Waals surface area contributed by atoms with Crippen LogP contribution >= 0.6 is 0 Å². The van der Waals surface area contributed by atoms with E-state index in [1.54, 1.807) is 7.05 Å². The second-order valence-electron chi connectivity index (χ2n) is 3.77. The van der Waals surface area contributed by atoms with E-state index in [0.717, 1.165) is 25.8 Å². The minimum atomic E-state index is -0.387. The van der Waals surface area contributed by atoms with Crippen molar-refractivity contribution >= 4 is 11.9 Å². The molecule has 1 aliphatic rings. The summed E-state index contributed by atoms with van der Waals surface area (Å²) in [6.45, 7) is 0.899. The van der Waals surface area contributed by atoms with Crippen LogP contribution in [0.3, 0.4) is 0 Å². The van der Waals surface area contributed by atoms with Crippen molar-refractivity contribution in [1.29, 1.82) is 0 Å². The number of nitrogens with one attached hydrogen (secondary N) is 1. The van der Waals surface area contributed by atoms with Crippen LogP contribution in [0.1, 0.15) is 19.3 Å². The zero-order chi connectivity index (χ0) is 11.3. The molecular weight excluding hydrogens is 196 g/mol. The number of nitrogens with zero attached hydrogens (tertiary/aromatic N) is 1. The molecule has 0 radical (unpaired) electrons. The summed E-state index contributed by atoms with van der Waals surface area (Å²) in [6, 6.07) is -0.131. The third-order valence-electron chi connectivity index (χ3n) is 2.58. The standard InChI is InChI=1S/C10H18N2O3/c1-12(7-9(13)15-2)10(14)8-5-3-4-6-11-8/h8,11H,3-7H2,1-2H3/t8-/m1/s1. The number of hydrogen-bond acceptors (Lipinski definition) is 4. The summed E-state index contributed by atoms with van der Waals surface area (Å²) in [5.74, 6) is -0.415. The predicted molar refractivity (Wildman–Crippen MR) is 55.3 cm³/mol. The summed E-state index contributed by atoms with van der Waals surface area (Å²) in [6.07, 6.45) is 3.03. The first-order valence-corrected chi connectivity index (χ1v) is 5.20. The van der Waals surface area contributed by atoms with Crippen molar-refractivity contribution in [2.75, 3.05) is 27.2 Å². The summed E-state index contributed by atoms with van der Waals surface area (Å²) in [5.41, 5.74) is 0. The molecule has 5 nitrogen and oxygen atoms in total. The van der Waals surface area contributed by atoms with Gasteiger partial charge in [-0.3, -0.25) is 9.59 Å². The van der Waals surface area contributed by atoms with Crippen molar-refractivity contribution < 1.29 is 14.3 Å². The maximum atomic E-state index is 11.8. The summed E-state index contributed by atoms with van der Waals surface area (Å²) in [4.78, 5) is 24.2. The van der Waals surface area contributed by atoms with E-state index in [1.807, 2.05) is 0 Å². The molecule has 0 aromatic heterocycles. The highest BCUT2D eigenvalue weighted by molar-refractivity contribution is 5.85. The van der Waals surface area contributed by atoms with Gasteiger partial charge in [0.05, 0.1) is 13.2 Å². The van der Waals surface area contributed by atoms with Gasteiger partial charge in [-0.25, -0.2) is 0 Å². The van der Waals surface area contributed by atoms with Crippen LogP contribution in [0.2, 0.25) is 0 Å². The fraction of sp³-hybridized carbons (Fsp3) is 0.800. The van der Waals surface area contributed by atoms with Gasteiger partial charge in [0.2, 0.25) is 5.91 Å². The monoisotopic (exact) mass is 214 g/mol. The zero-order valence-corrected chi connectivity index (χ0v) is 9.28. The first kappa shape index (κ1) is 12.0. The Labute approximate surface area is 89.8 Å². The van der Waals surface area contributed by atoms with Crippen molar-refractivity contribution in [3.05, 3.63) is 0 Å². The van der Waals surface area contributed by atoms with Gasteiger partial charge >= 0.3 is 5.97 Å². The fourth-order valence-corrected chi connectivity index (χ4v) is 1.66. The summed E-state index contributed by atoms with van der Waals surface area (Å²) < 4.78 is 4.51. The smallest absolute Gasteiger partial charge is 0.325 e. The Morgan fingerprint density at radius 1 is 1.47 bits per heavy atom. The molecule has 86 valence electrons. The van der Waals surface area contributed by atoms with Crippen LogP contribution in [-0.4, -0.2) is 50.1 Å². The van der Waals surface area contributed by atoms with E-state index in [4.69, 9.17) is 0 Å². The number of amides is 1. The molecule has 1 aliphatic heterocycles. The van der Waals surface area contributed by atoms with Crippen molar-refractivity contribution in [1.82, 2.24) is 10.2 Å². The number of rotatable bonds is 3. The number of hydrogen-bond donors (Lipinski definition) is 1. The van der Waals surface area contributed by atoms with Gasteiger partial charge in [-0.2, -0.15) is 0 Å². The number of likely N-dealkylation sites (N-methyl/N-ethyl adjacent to an activating group) is 1. The Bertz CT molecular complexity index is 237. The largest absolute Gasteiger partial charge is 0.468 e. The highest BCUT2D eigenvalue weighted by Gasteiger charge is 2.24. The molecule has 0 saturated carbocycles. The Hall–Kier alpha value is -1.10. The van der Waals surface area contributed by atoms with E-state index < -0.39 is 0 Å². The first-order valence-electron chi connectivity index (χ1n) is 5.20. The minimum absolute atomic E-state index is 0.0213. The molecule has 0 spiro atoms. The highest BCUT2D eigenvalue weighted by Crippen LogP contribution is 2.08. The molecule has 0 unspecified atom stereocenters. The average Bonchev–Trinajstić information content (AvgIpc) is 2.29. The van der Waals surface area contributed by atoms with Gasteiger partial charge in [-0.05, 0) is 19.4 Å². The Kier molecular flexibility index (Phi) is 4.55. The zero-order valence-electron chi connectivity index (χ0n) is 9.28. The number of carbonyl (C=O) groups is 2. The second kappa shape index (κ2) is 5.70. The number of esters is 1. The lowest BCUT2D eigenvalue weighted by Crippen LogP contribution is -2.48. The van der Waals surface area contributed by atoms with Gasteiger partial charge in [0.1, 0.15) is 6.54 Å². The number of ether oxygens (including phenoxy) is 1. The molecule has 0 aliphatic carbocycles. The average molecular weight is 214 g/mol. The Morgan fingerprint density at radius 2 is 2.20 bits per heavy atom. The van der Waals surface area contributed by atoms with E-state index >= 15 is 0 Å². The van der Waals surface area contributed by atoms with Gasteiger partial charge in [0.25, 0.3) is 0 Å². The molecule has 1 amide bonds. The SMILES string of the molecule is COC(=O)CN(C)C(=O)[C@H]1CCCCN1. The van der Waals surface area contributed by atoms with E-state index in [9.17, 15) is 9.59 Å². The first-order chi connectivity index (χ1) is 7.15. The van der Waals surface area contributed by atoms with Gasteiger partial charge in [-0.1, -0.05) is 6.42 Å². The van der Waals surface area contributed by atoms with Crippen LogP contribution in [0.4, 0.5) is 0 Å². The minimum Gasteiger partial charge on any atom is -0.468 e. The van der Waals surface area contributed by atoms with Crippen LogP contribution in [0.5, 0.6) is 0 Å². The molecule has 1 fully saturated rings. The number of piperidine rings is 1. The van der Waals surface area contributed by atoms with Crippen molar-refractivity contribution in [2.45, 2.75) is 25.3 Å². The molecular formula is C10H18N2O3. The Balaban J connectivity index is 2.40. The summed E-state index contributed by atoms with van der Waals surface area (Å²) in [7, 11) is 2.94. The summed E-state index contributed by atoms with van der Waals surface area (Å²) in [5, 5.41) is 3.15. The normalized spacial score (nSPS) is 20.8. The van der Waals surface area contributed by atoms with Crippen molar-refractivity contribution in [3.63, 3.8) is 0 Å².